The number of aliphatic hydroxyl groups is 1. The fourth-order valence-electron chi connectivity index (χ4n) is 6.31. The minimum atomic E-state index is -0.250. The number of fused-ring (bicyclic) bond motifs is 2. The number of nitrogens with zero attached hydrogens (tertiary/aromatic N) is 4. The zero-order valence-corrected chi connectivity index (χ0v) is 21.1. The maximum Gasteiger partial charge on any atom is 0.290 e. The number of para-hydroxylation sites is 1. The molecule has 8 nitrogen and oxygen atoms in total. The van der Waals surface area contributed by atoms with E-state index in [4.69, 9.17) is 25.6 Å². The fourth-order valence-corrected chi connectivity index (χ4v) is 6.31. The molecule has 0 saturated carbocycles. The van der Waals surface area contributed by atoms with Gasteiger partial charge in [-0.3, -0.25) is 4.79 Å². The van der Waals surface area contributed by atoms with Gasteiger partial charge >= 0.3 is 0 Å². The molecule has 0 bridgehead atoms. The highest BCUT2D eigenvalue weighted by atomic mass is 16.3. The summed E-state index contributed by atoms with van der Waals surface area (Å²) in [4.78, 5) is 22.7. The van der Waals surface area contributed by atoms with Crippen molar-refractivity contribution in [2.45, 2.75) is 51.2 Å². The van der Waals surface area contributed by atoms with Crippen molar-refractivity contribution in [1.29, 1.82) is 0 Å². The number of anilines is 3. The van der Waals surface area contributed by atoms with Gasteiger partial charge in [-0.2, -0.15) is 0 Å². The molecule has 1 atom stereocenters. The van der Waals surface area contributed by atoms with E-state index in [0.717, 1.165) is 63.4 Å². The molecule has 1 fully saturated rings. The van der Waals surface area contributed by atoms with Crippen LogP contribution in [0.3, 0.4) is 0 Å². The number of aliphatic hydroxyl groups excluding tert-OH is 1. The molecule has 3 aliphatic rings. The minimum Gasteiger partial charge on any atom is -0.483 e. The van der Waals surface area contributed by atoms with Gasteiger partial charge in [0.25, 0.3) is 6.47 Å². The Morgan fingerprint density at radius 1 is 1.03 bits per heavy atom. The molecule has 0 radical (unpaired) electrons. The summed E-state index contributed by atoms with van der Waals surface area (Å²) in [6, 6.07) is 17.3. The lowest BCUT2D eigenvalue weighted by Gasteiger charge is -2.43. The molecule has 0 unspecified atom stereocenters. The monoisotopic (exact) mass is 501 g/mol. The largest absolute Gasteiger partial charge is 0.483 e. The van der Waals surface area contributed by atoms with Crippen molar-refractivity contribution in [3.05, 3.63) is 77.1 Å². The van der Waals surface area contributed by atoms with E-state index in [9.17, 15) is 5.11 Å². The Balaban J connectivity index is 0.000000892. The van der Waals surface area contributed by atoms with Crippen molar-refractivity contribution in [1.82, 2.24) is 9.97 Å². The van der Waals surface area contributed by atoms with Gasteiger partial charge in [-0.15, -0.1) is 0 Å². The van der Waals surface area contributed by atoms with Crippen molar-refractivity contribution in [3.8, 4) is 0 Å². The van der Waals surface area contributed by atoms with Crippen molar-refractivity contribution in [2.24, 2.45) is 11.1 Å². The number of hydrogen-bond acceptors (Lipinski definition) is 7. The summed E-state index contributed by atoms with van der Waals surface area (Å²) in [6.45, 7) is 2.32. The first-order valence-electron chi connectivity index (χ1n) is 13.1. The molecular weight excluding hydrogens is 466 g/mol. The van der Waals surface area contributed by atoms with Crippen molar-refractivity contribution >= 4 is 23.8 Å². The third-order valence-electron chi connectivity index (χ3n) is 8.25. The highest BCUT2D eigenvalue weighted by Gasteiger charge is 2.46. The van der Waals surface area contributed by atoms with E-state index in [1.807, 2.05) is 6.20 Å². The van der Waals surface area contributed by atoms with Crippen LogP contribution in [0.5, 0.6) is 0 Å². The molecule has 3 aromatic rings. The van der Waals surface area contributed by atoms with Crippen LogP contribution < -0.4 is 15.5 Å². The van der Waals surface area contributed by atoms with E-state index in [1.54, 1.807) is 0 Å². The summed E-state index contributed by atoms with van der Waals surface area (Å²) in [5.74, 6) is 1.64. The predicted octanol–water partition coefficient (Wildman–Crippen LogP) is 3.99. The maximum absolute atomic E-state index is 10.2. The van der Waals surface area contributed by atoms with Gasteiger partial charge in [0, 0.05) is 31.4 Å². The number of rotatable bonds is 3. The molecule has 4 N–H and O–H groups in total. The van der Waals surface area contributed by atoms with Gasteiger partial charge in [0.05, 0.1) is 12.8 Å². The molecule has 1 aliphatic carbocycles. The van der Waals surface area contributed by atoms with E-state index >= 15 is 0 Å². The summed E-state index contributed by atoms with van der Waals surface area (Å²) in [5.41, 5.74) is 12.8. The number of aryl methyl sites for hydroxylation is 1. The van der Waals surface area contributed by atoms with Crippen LogP contribution in [0.4, 0.5) is 17.3 Å². The van der Waals surface area contributed by atoms with E-state index in [1.165, 1.54) is 28.8 Å². The second kappa shape index (κ2) is 10.9. The summed E-state index contributed by atoms with van der Waals surface area (Å²) >= 11 is 0. The Morgan fingerprint density at radius 3 is 2.46 bits per heavy atom. The second-order valence-electron chi connectivity index (χ2n) is 10.2. The maximum atomic E-state index is 10.2. The molecule has 37 heavy (non-hydrogen) atoms. The summed E-state index contributed by atoms with van der Waals surface area (Å²) < 4.78 is 0. The van der Waals surface area contributed by atoms with Crippen LogP contribution >= 0.6 is 0 Å². The number of benzene rings is 2. The van der Waals surface area contributed by atoms with Gasteiger partial charge in [-0.1, -0.05) is 42.5 Å². The molecule has 2 aliphatic heterocycles. The van der Waals surface area contributed by atoms with Crippen LogP contribution in [0.15, 0.2) is 54.7 Å². The SMILES string of the molecule is N[C@@H]1c2ccccc2CC12CCN(c1ncc(N3CCCCc4ccccc43)nc1CO)CC2.O=CO. The summed E-state index contributed by atoms with van der Waals surface area (Å²) in [5, 5.41) is 17.1. The molecule has 1 aromatic heterocycles. The Hall–Kier alpha value is -3.49. The van der Waals surface area contributed by atoms with E-state index in [-0.39, 0.29) is 24.5 Å². The average molecular weight is 502 g/mol. The summed E-state index contributed by atoms with van der Waals surface area (Å²) in [6.07, 6.45) is 8.37. The third-order valence-corrected chi connectivity index (χ3v) is 8.25. The van der Waals surface area contributed by atoms with Gasteiger partial charge in [-0.05, 0) is 66.7 Å². The lowest BCUT2D eigenvalue weighted by Crippen LogP contribution is -2.45. The molecule has 2 aromatic carbocycles. The first kappa shape index (κ1) is 25.2. The van der Waals surface area contributed by atoms with E-state index in [0.29, 0.717) is 5.69 Å². The normalized spacial score (nSPS) is 19.9. The standard InChI is InChI=1S/C28H33N5O.CH2O2/c29-26-22-10-3-1-9-21(22)17-28(26)12-15-32(16-13-28)27-23(19-34)31-25(18-30-27)33-14-6-5-8-20-7-2-4-11-24(20)33;2-1-3/h1-4,7,9-11,18,26,34H,5-6,8,12-17,19,29H2;1H,(H,2,3)/t26-;/m1./s1. The predicted molar refractivity (Wildman–Crippen MR) is 144 cm³/mol. The van der Waals surface area contributed by atoms with Crippen molar-refractivity contribution in [2.75, 3.05) is 29.4 Å². The molecule has 6 rings (SSSR count). The van der Waals surface area contributed by atoms with Crippen LogP contribution in [-0.4, -0.2) is 46.3 Å². The van der Waals surface area contributed by atoms with E-state index < -0.39 is 0 Å². The smallest absolute Gasteiger partial charge is 0.290 e. The van der Waals surface area contributed by atoms with Crippen molar-refractivity contribution in [3.63, 3.8) is 0 Å². The highest BCUT2D eigenvalue weighted by Crippen LogP contribution is 2.51. The van der Waals surface area contributed by atoms with E-state index in [2.05, 4.69) is 58.3 Å². The van der Waals surface area contributed by atoms with Gasteiger partial charge in [0.2, 0.25) is 0 Å². The van der Waals surface area contributed by atoms with Gasteiger partial charge < -0.3 is 25.7 Å². The van der Waals surface area contributed by atoms with Gasteiger partial charge in [0.1, 0.15) is 5.69 Å². The number of nitrogens with two attached hydrogens (primary N) is 1. The number of hydrogen-bond donors (Lipinski definition) is 3. The van der Waals surface area contributed by atoms with Gasteiger partial charge in [0.15, 0.2) is 11.6 Å². The number of piperidine rings is 1. The molecule has 8 heteroatoms. The third kappa shape index (κ3) is 4.79. The highest BCUT2D eigenvalue weighted by molar-refractivity contribution is 5.65. The lowest BCUT2D eigenvalue weighted by atomic mass is 9.73. The molecule has 1 saturated heterocycles. The van der Waals surface area contributed by atoms with Gasteiger partial charge in [-0.25, -0.2) is 9.97 Å². The van der Waals surface area contributed by atoms with Crippen LogP contribution in [-0.2, 0) is 24.2 Å². The Morgan fingerprint density at radius 2 is 1.73 bits per heavy atom. The van der Waals surface area contributed by atoms with Crippen LogP contribution in [0.2, 0.25) is 0 Å². The first-order valence-corrected chi connectivity index (χ1v) is 13.1. The number of aromatic nitrogens is 2. The fraction of sp³-hybridized carbons (Fsp3) is 0.414. The lowest BCUT2D eigenvalue weighted by molar-refractivity contribution is -0.122. The van der Waals surface area contributed by atoms with Crippen LogP contribution in [0.1, 0.15) is 54.1 Å². The molecular formula is C29H35N5O3. The topological polar surface area (TPSA) is 116 Å². The number of carboxylic acid groups (broad SMARTS) is 1. The quantitative estimate of drug-likeness (QED) is 0.462. The second-order valence-corrected chi connectivity index (χ2v) is 10.2. The first-order chi connectivity index (χ1) is 18.1. The van der Waals surface area contributed by atoms with Crippen molar-refractivity contribution < 1.29 is 15.0 Å². The Bertz CT molecular complexity index is 1240. The Labute approximate surface area is 217 Å². The average Bonchev–Trinajstić information content (AvgIpc) is 3.06. The number of carbonyl (C=O) groups is 1. The van der Waals surface area contributed by atoms with Crippen LogP contribution in [0.25, 0.3) is 0 Å². The molecule has 1 spiro atoms. The summed E-state index contributed by atoms with van der Waals surface area (Å²) in [7, 11) is 0. The zero-order chi connectivity index (χ0) is 25.8. The zero-order valence-electron chi connectivity index (χ0n) is 21.1. The molecule has 3 heterocycles. The van der Waals surface area contributed by atoms with Crippen LogP contribution in [0, 0.1) is 5.41 Å². The Kier molecular flexibility index (Phi) is 7.39. The molecule has 0 amide bonds. The molecule has 194 valence electrons. The minimum absolute atomic E-state index is 0.0970.